The van der Waals surface area contributed by atoms with E-state index in [-0.39, 0.29) is 0 Å². The van der Waals surface area contributed by atoms with Gasteiger partial charge in [0.05, 0.1) is 0 Å². The monoisotopic (exact) mass is 241 g/mol. The van der Waals surface area contributed by atoms with Crippen LogP contribution in [0.2, 0.25) is 0 Å². The Hall–Kier alpha value is -0.570. The van der Waals surface area contributed by atoms with Crippen molar-refractivity contribution in [3.63, 3.8) is 0 Å². The lowest BCUT2D eigenvalue weighted by atomic mass is 9.87. The summed E-state index contributed by atoms with van der Waals surface area (Å²) in [4.78, 5) is 13.9. The molecule has 100 valence electrons. The third-order valence-electron chi connectivity index (χ3n) is 4.37. The zero-order valence-electron chi connectivity index (χ0n) is 11.5. The van der Waals surface area contributed by atoms with E-state index in [9.17, 15) is 9.90 Å². The van der Waals surface area contributed by atoms with Crippen molar-refractivity contribution in [2.45, 2.75) is 76.8 Å². The van der Waals surface area contributed by atoms with Crippen molar-refractivity contribution in [3.8, 4) is 0 Å². The smallest absolute Gasteiger partial charge is 0.324 e. The van der Waals surface area contributed by atoms with Gasteiger partial charge < -0.3 is 5.11 Å². The highest BCUT2D eigenvalue weighted by molar-refractivity contribution is 5.78. The molecule has 0 aromatic rings. The van der Waals surface area contributed by atoms with Gasteiger partial charge in [0.1, 0.15) is 5.54 Å². The Labute approximate surface area is 105 Å². The van der Waals surface area contributed by atoms with Crippen LogP contribution in [-0.2, 0) is 4.79 Å². The van der Waals surface area contributed by atoms with Gasteiger partial charge in [0.2, 0.25) is 0 Å². The van der Waals surface area contributed by atoms with E-state index in [0.29, 0.717) is 6.04 Å². The number of carboxylic acid groups (broad SMARTS) is 1. The second-order valence-corrected chi connectivity index (χ2v) is 5.50. The molecule has 1 atom stereocenters. The van der Waals surface area contributed by atoms with E-state index in [1.165, 1.54) is 12.8 Å². The second-order valence-electron chi connectivity index (χ2n) is 5.50. The molecule has 0 aromatic heterocycles. The van der Waals surface area contributed by atoms with E-state index in [2.05, 4.69) is 18.7 Å². The first-order valence-corrected chi connectivity index (χ1v) is 7.01. The van der Waals surface area contributed by atoms with Crippen molar-refractivity contribution in [1.82, 2.24) is 4.90 Å². The Balaban J connectivity index is 2.85. The highest BCUT2D eigenvalue weighted by Gasteiger charge is 2.43. The van der Waals surface area contributed by atoms with Gasteiger partial charge in [0.15, 0.2) is 0 Å². The van der Waals surface area contributed by atoms with Crippen LogP contribution in [0.3, 0.4) is 0 Å². The molecular formula is C14H27NO2. The number of nitrogens with zero attached hydrogens (tertiary/aromatic N) is 1. The minimum absolute atomic E-state index is 0.356. The fourth-order valence-electron chi connectivity index (χ4n) is 3.06. The van der Waals surface area contributed by atoms with Crippen LogP contribution in [0, 0.1) is 0 Å². The SMILES string of the molecule is CCCC(C)N(C)C1(C(=O)O)CCCCCC1. The van der Waals surface area contributed by atoms with Gasteiger partial charge in [-0.05, 0) is 33.2 Å². The Morgan fingerprint density at radius 2 is 1.82 bits per heavy atom. The normalized spacial score (nSPS) is 22.1. The van der Waals surface area contributed by atoms with Crippen molar-refractivity contribution in [2.75, 3.05) is 7.05 Å². The van der Waals surface area contributed by atoms with Crippen molar-refractivity contribution in [1.29, 1.82) is 0 Å². The van der Waals surface area contributed by atoms with Crippen LogP contribution in [-0.4, -0.2) is 34.6 Å². The predicted molar refractivity (Wildman–Crippen MR) is 70.2 cm³/mol. The molecule has 1 rings (SSSR count). The van der Waals surface area contributed by atoms with Gasteiger partial charge in [0, 0.05) is 6.04 Å². The molecule has 17 heavy (non-hydrogen) atoms. The van der Waals surface area contributed by atoms with Crippen LogP contribution >= 0.6 is 0 Å². The number of hydrogen-bond acceptors (Lipinski definition) is 2. The molecule has 1 aliphatic rings. The average molecular weight is 241 g/mol. The molecule has 0 heterocycles. The van der Waals surface area contributed by atoms with Crippen molar-refractivity contribution >= 4 is 5.97 Å². The first-order valence-electron chi connectivity index (χ1n) is 7.01. The zero-order chi connectivity index (χ0) is 12.9. The highest BCUT2D eigenvalue weighted by atomic mass is 16.4. The Kier molecular flexibility index (Phi) is 5.44. The fraction of sp³-hybridized carbons (Fsp3) is 0.929. The maximum atomic E-state index is 11.7. The molecule has 0 spiro atoms. The summed E-state index contributed by atoms with van der Waals surface area (Å²) in [5.41, 5.74) is -0.606. The first-order chi connectivity index (χ1) is 8.04. The number of aliphatic carboxylic acids is 1. The number of rotatable bonds is 5. The van der Waals surface area contributed by atoms with E-state index in [4.69, 9.17) is 0 Å². The maximum absolute atomic E-state index is 11.7. The fourth-order valence-corrected chi connectivity index (χ4v) is 3.06. The van der Waals surface area contributed by atoms with Gasteiger partial charge in [-0.15, -0.1) is 0 Å². The van der Waals surface area contributed by atoms with Gasteiger partial charge in [-0.2, -0.15) is 0 Å². The zero-order valence-corrected chi connectivity index (χ0v) is 11.5. The predicted octanol–water partition coefficient (Wildman–Crippen LogP) is 3.28. The summed E-state index contributed by atoms with van der Waals surface area (Å²) in [6.45, 7) is 4.31. The number of hydrogen-bond donors (Lipinski definition) is 1. The van der Waals surface area contributed by atoms with Gasteiger partial charge in [0.25, 0.3) is 0 Å². The molecule has 0 saturated heterocycles. The number of likely N-dealkylation sites (N-methyl/N-ethyl adjacent to an activating group) is 1. The summed E-state index contributed by atoms with van der Waals surface area (Å²) in [7, 11) is 2.00. The molecule has 0 bridgehead atoms. The minimum Gasteiger partial charge on any atom is -0.480 e. The highest BCUT2D eigenvalue weighted by Crippen LogP contribution is 2.34. The quantitative estimate of drug-likeness (QED) is 0.751. The lowest BCUT2D eigenvalue weighted by molar-refractivity contribution is -0.153. The summed E-state index contributed by atoms with van der Waals surface area (Å²) in [6.07, 6.45) is 8.29. The summed E-state index contributed by atoms with van der Waals surface area (Å²) < 4.78 is 0. The van der Waals surface area contributed by atoms with Gasteiger partial charge >= 0.3 is 5.97 Å². The topological polar surface area (TPSA) is 40.5 Å². The summed E-state index contributed by atoms with van der Waals surface area (Å²) in [6, 6.07) is 0.356. The minimum atomic E-state index is -0.621. The molecular weight excluding hydrogens is 214 g/mol. The lowest BCUT2D eigenvalue weighted by Crippen LogP contribution is -2.55. The number of carboxylic acids is 1. The second kappa shape index (κ2) is 6.39. The average Bonchev–Trinajstić information content (AvgIpc) is 2.54. The van der Waals surface area contributed by atoms with E-state index in [1.54, 1.807) is 0 Å². The Morgan fingerprint density at radius 3 is 2.24 bits per heavy atom. The third kappa shape index (κ3) is 3.21. The molecule has 1 unspecified atom stereocenters. The van der Waals surface area contributed by atoms with Crippen molar-refractivity contribution in [2.24, 2.45) is 0 Å². The van der Waals surface area contributed by atoms with E-state index in [1.807, 2.05) is 7.05 Å². The summed E-state index contributed by atoms with van der Waals surface area (Å²) in [5.74, 6) is -0.621. The summed E-state index contributed by atoms with van der Waals surface area (Å²) in [5, 5.41) is 9.66. The van der Waals surface area contributed by atoms with Crippen LogP contribution in [0.4, 0.5) is 0 Å². The largest absolute Gasteiger partial charge is 0.480 e. The van der Waals surface area contributed by atoms with Crippen LogP contribution < -0.4 is 0 Å². The molecule has 0 amide bonds. The molecule has 1 N–H and O–H groups in total. The van der Waals surface area contributed by atoms with Crippen molar-refractivity contribution < 1.29 is 9.90 Å². The molecule has 0 aromatic carbocycles. The van der Waals surface area contributed by atoms with Crippen LogP contribution in [0.5, 0.6) is 0 Å². The molecule has 3 nitrogen and oxygen atoms in total. The first kappa shape index (κ1) is 14.5. The lowest BCUT2D eigenvalue weighted by Gasteiger charge is -2.41. The van der Waals surface area contributed by atoms with Gasteiger partial charge in [-0.3, -0.25) is 9.69 Å². The molecule has 3 heteroatoms. The summed E-state index contributed by atoms with van der Waals surface area (Å²) >= 11 is 0. The van der Waals surface area contributed by atoms with Crippen LogP contribution in [0.15, 0.2) is 0 Å². The molecule has 1 fully saturated rings. The van der Waals surface area contributed by atoms with Crippen LogP contribution in [0.25, 0.3) is 0 Å². The maximum Gasteiger partial charge on any atom is 0.324 e. The van der Waals surface area contributed by atoms with E-state index < -0.39 is 11.5 Å². The van der Waals surface area contributed by atoms with E-state index in [0.717, 1.165) is 38.5 Å². The Bertz CT molecular complexity index is 245. The standard InChI is InChI=1S/C14H27NO2/c1-4-9-12(2)15(3)14(13(16)17)10-7-5-6-8-11-14/h12H,4-11H2,1-3H3,(H,16,17). The van der Waals surface area contributed by atoms with E-state index >= 15 is 0 Å². The molecule has 1 aliphatic carbocycles. The van der Waals surface area contributed by atoms with Gasteiger partial charge in [-0.25, -0.2) is 0 Å². The molecule has 0 aliphatic heterocycles. The van der Waals surface area contributed by atoms with Crippen LogP contribution in [0.1, 0.15) is 65.2 Å². The van der Waals surface area contributed by atoms with Gasteiger partial charge in [-0.1, -0.05) is 39.0 Å². The molecule has 1 saturated carbocycles. The number of carbonyl (C=O) groups is 1. The van der Waals surface area contributed by atoms with Crippen molar-refractivity contribution in [3.05, 3.63) is 0 Å². The third-order valence-corrected chi connectivity index (χ3v) is 4.37. The molecule has 0 radical (unpaired) electrons. The Morgan fingerprint density at radius 1 is 1.29 bits per heavy atom.